The zero-order valence-electron chi connectivity index (χ0n) is 14.2. The average molecular weight is 405 g/mol. The van der Waals surface area contributed by atoms with Gasteiger partial charge in [-0.2, -0.15) is 0 Å². The zero-order valence-corrected chi connectivity index (χ0v) is 15.8. The number of carbonyl (C=O) groups is 1. The minimum absolute atomic E-state index is 0.0952. The van der Waals surface area contributed by atoms with E-state index in [1.807, 2.05) is 0 Å². The highest BCUT2D eigenvalue weighted by Crippen LogP contribution is 2.36. The van der Waals surface area contributed by atoms with Crippen molar-refractivity contribution in [3.05, 3.63) is 75.7 Å². The molecule has 1 atom stereocenters. The molecule has 27 heavy (non-hydrogen) atoms. The Morgan fingerprint density at radius 3 is 2.52 bits per heavy atom. The smallest absolute Gasteiger partial charge is 0.166 e. The molecule has 0 fully saturated rings. The van der Waals surface area contributed by atoms with E-state index >= 15 is 0 Å². The summed E-state index contributed by atoms with van der Waals surface area (Å²) < 4.78 is 19.7. The van der Waals surface area contributed by atoms with Crippen LogP contribution in [0, 0.1) is 5.82 Å². The van der Waals surface area contributed by atoms with E-state index in [-0.39, 0.29) is 10.8 Å². The monoisotopic (exact) mass is 404 g/mol. The molecule has 0 amide bonds. The molecule has 1 heterocycles. The Morgan fingerprint density at radius 1 is 1.15 bits per heavy atom. The number of nitrogen functional groups attached to an aromatic ring is 1. The number of hydrogen-bond acceptors (Lipinski definition) is 4. The van der Waals surface area contributed by atoms with Gasteiger partial charge >= 0.3 is 0 Å². The Bertz CT molecular complexity index is 994. The van der Waals surface area contributed by atoms with Gasteiger partial charge in [0, 0.05) is 27.9 Å². The SMILES string of the molecule is CC(Oc1cc(-c2ccc(C=O)cc2)cnc1N)c1c(Cl)ccc(F)c1Cl. The fraction of sp³-hybridized carbons (Fsp3) is 0.100. The summed E-state index contributed by atoms with van der Waals surface area (Å²) in [4.78, 5) is 14.9. The molecule has 3 rings (SSSR count). The lowest BCUT2D eigenvalue weighted by Gasteiger charge is -2.19. The van der Waals surface area contributed by atoms with Gasteiger partial charge in [0.1, 0.15) is 18.2 Å². The highest BCUT2D eigenvalue weighted by Gasteiger charge is 2.20. The standard InChI is InChI=1S/C20H15Cl2FN2O2/c1-11(18-15(21)6-7-16(23)19(18)22)27-17-8-14(9-25-20(17)24)13-4-2-12(10-26)3-5-13/h2-11H,1H3,(H2,24,25). The summed E-state index contributed by atoms with van der Waals surface area (Å²) in [5.74, 6) is -0.0868. The molecular formula is C20H15Cl2FN2O2. The number of rotatable bonds is 5. The van der Waals surface area contributed by atoms with E-state index in [9.17, 15) is 9.18 Å². The van der Waals surface area contributed by atoms with E-state index in [1.165, 1.54) is 12.1 Å². The van der Waals surface area contributed by atoms with Crippen LogP contribution in [0.15, 0.2) is 48.7 Å². The predicted molar refractivity (Wildman–Crippen MR) is 105 cm³/mol. The Morgan fingerprint density at radius 2 is 1.85 bits per heavy atom. The summed E-state index contributed by atoms with van der Waals surface area (Å²) in [7, 11) is 0. The summed E-state index contributed by atoms with van der Waals surface area (Å²) >= 11 is 12.2. The van der Waals surface area contributed by atoms with Crippen LogP contribution in [0.3, 0.4) is 0 Å². The molecule has 0 spiro atoms. The van der Waals surface area contributed by atoms with E-state index in [4.69, 9.17) is 33.7 Å². The van der Waals surface area contributed by atoms with Gasteiger partial charge in [-0.15, -0.1) is 0 Å². The molecule has 2 N–H and O–H groups in total. The Labute approximate surface area is 165 Å². The molecule has 0 radical (unpaired) electrons. The van der Waals surface area contributed by atoms with Crippen LogP contribution in [0.2, 0.25) is 10.0 Å². The fourth-order valence-electron chi connectivity index (χ4n) is 2.63. The van der Waals surface area contributed by atoms with Crippen molar-refractivity contribution in [2.24, 2.45) is 0 Å². The number of aromatic nitrogens is 1. The third-order valence-electron chi connectivity index (χ3n) is 4.05. The molecule has 0 aliphatic carbocycles. The van der Waals surface area contributed by atoms with E-state index in [1.54, 1.807) is 43.5 Å². The first-order valence-corrected chi connectivity index (χ1v) is 8.77. The van der Waals surface area contributed by atoms with Crippen molar-refractivity contribution >= 4 is 35.3 Å². The second-order valence-corrected chi connectivity index (χ2v) is 6.65. The van der Waals surface area contributed by atoms with Gasteiger partial charge in [-0.05, 0) is 30.7 Å². The first-order chi connectivity index (χ1) is 12.9. The lowest BCUT2D eigenvalue weighted by atomic mass is 10.1. The molecule has 1 unspecified atom stereocenters. The van der Waals surface area contributed by atoms with Crippen molar-refractivity contribution in [2.75, 3.05) is 5.73 Å². The normalized spacial score (nSPS) is 11.9. The number of halogens is 3. The number of ether oxygens (including phenoxy) is 1. The Hall–Kier alpha value is -2.63. The van der Waals surface area contributed by atoms with Crippen molar-refractivity contribution in [3.8, 4) is 16.9 Å². The number of anilines is 1. The van der Waals surface area contributed by atoms with Crippen LogP contribution in [0.5, 0.6) is 5.75 Å². The second kappa shape index (κ2) is 7.94. The Balaban J connectivity index is 1.93. The van der Waals surface area contributed by atoms with Crippen LogP contribution < -0.4 is 10.5 Å². The maximum absolute atomic E-state index is 13.8. The molecule has 0 aliphatic rings. The fourth-order valence-corrected chi connectivity index (χ4v) is 3.30. The van der Waals surface area contributed by atoms with Gasteiger partial charge in [0.2, 0.25) is 0 Å². The maximum atomic E-state index is 13.8. The van der Waals surface area contributed by atoms with Gasteiger partial charge < -0.3 is 10.5 Å². The minimum atomic E-state index is -0.655. The minimum Gasteiger partial charge on any atom is -0.482 e. The first kappa shape index (κ1) is 19.1. The molecule has 0 aliphatic heterocycles. The topological polar surface area (TPSA) is 65.2 Å². The number of hydrogen-bond donors (Lipinski definition) is 1. The summed E-state index contributed by atoms with van der Waals surface area (Å²) in [5.41, 5.74) is 8.42. The molecule has 0 bridgehead atoms. The lowest BCUT2D eigenvalue weighted by Crippen LogP contribution is -2.08. The van der Waals surface area contributed by atoms with Crippen LogP contribution in [-0.4, -0.2) is 11.3 Å². The predicted octanol–water partition coefficient (Wildman–Crippen LogP) is 5.73. The van der Waals surface area contributed by atoms with Crippen LogP contribution in [-0.2, 0) is 0 Å². The Kier molecular flexibility index (Phi) is 5.63. The maximum Gasteiger partial charge on any atom is 0.166 e. The van der Waals surface area contributed by atoms with E-state index in [0.717, 1.165) is 17.4 Å². The van der Waals surface area contributed by atoms with Gasteiger partial charge in [-0.3, -0.25) is 4.79 Å². The molecule has 1 aromatic heterocycles. The molecule has 3 aromatic rings. The average Bonchev–Trinajstić information content (AvgIpc) is 2.67. The largest absolute Gasteiger partial charge is 0.482 e. The van der Waals surface area contributed by atoms with Gasteiger partial charge in [0.25, 0.3) is 0 Å². The number of nitrogens with two attached hydrogens (primary N) is 1. The van der Waals surface area contributed by atoms with Gasteiger partial charge in [0.05, 0.1) is 5.02 Å². The van der Waals surface area contributed by atoms with E-state index in [2.05, 4.69) is 4.98 Å². The molecule has 2 aromatic carbocycles. The molecule has 0 saturated carbocycles. The lowest BCUT2D eigenvalue weighted by molar-refractivity contribution is 0.112. The number of nitrogens with zero attached hydrogens (tertiary/aromatic N) is 1. The first-order valence-electron chi connectivity index (χ1n) is 8.02. The highest BCUT2D eigenvalue weighted by molar-refractivity contribution is 6.36. The van der Waals surface area contributed by atoms with Crippen molar-refractivity contribution in [1.82, 2.24) is 4.98 Å². The number of benzene rings is 2. The number of carbonyl (C=O) groups excluding carboxylic acids is 1. The van der Waals surface area contributed by atoms with Crippen LogP contribution >= 0.6 is 23.2 Å². The van der Waals surface area contributed by atoms with Crippen molar-refractivity contribution in [3.63, 3.8) is 0 Å². The molecule has 7 heteroatoms. The van der Waals surface area contributed by atoms with Crippen LogP contribution in [0.1, 0.15) is 28.9 Å². The van der Waals surface area contributed by atoms with Gasteiger partial charge in [-0.1, -0.05) is 47.5 Å². The molecule has 0 saturated heterocycles. The number of aldehydes is 1. The molecular weight excluding hydrogens is 390 g/mol. The zero-order chi connectivity index (χ0) is 19.6. The van der Waals surface area contributed by atoms with E-state index in [0.29, 0.717) is 21.9 Å². The summed E-state index contributed by atoms with van der Waals surface area (Å²) in [6.07, 6.45) is 1.72. The van der Waals surface area contributed by atoms with Crippen molar-refractivity contribution in [1.29, 1.82) is 0 Å². The van der Waals surface area contributed by atoms with Crippen LogP contribution in [0.25, 0.3) is 11.1 Å². The molecule has 4 nitrogen and oxygen atoms in total. The van der Waals surface area contributed by atoms with E-state index < -0.39 is 11.9 Å². The van der Waals surface area contributed by atoms with Crippen LogP contribution in [0.4, 0.5) is 10.2 Å². The highest BCUT2D eigenvalue weighted by atomic mass is 35.5. The quantitative estimate of drug-likeness (QED) is 0.435. The van der Waals surface area contributed by atoms with Crippen molar-refractivity contribution in [2.45, 2.75) is 13.0 Å². The summed E-state index contributed by atoms with van der Waals surface area (Å²) in [5, 5.41) is 0.197. The van der Waals surface area contributed by atoms with Gasteiger partial charge in [0.15, 0.2) is 11.6 Å². The van der Waals surface area contributed by atoms with Crippen molar-refractivity contribution < 1.29 is 13.9 Å². The number of pyridine rings is 1. The summed E-state index contributed by atoms with van der Waals surface area (Å²) in [6.45, 7) is 1.69. The third-order valence-corrected chi connectivity index (χ3v) is 4.77. The third kappa shape index (κ3) is 4.04. The second-order valence-electron chi connectivity index (χ2n) is 5.86. The summed E-state index contributed by atoms with van der Waals surface area (Å²) in [6, 6.07) is 11.3. The van der Waals surface area contributed by atoms with Gasteiger partial charge in [-0.25, -0.2) is 9.37 Å². The molecule has 138 valence electrons.